The second kappa shape index (κ2) is 7.73. The summed E-state index contributed by atoms with van der Waals surface area (Å²) in [6.07, 6.45) is 0. The van der Waals surface area contributed by atoms with Crippen LogP contribution in [0.25, 0.3) is 0 Å². The number of anilines is 1. The zero-order chi connectivity index (χ0) is 19.6. The van der Waals surface area contributed by atoms with Crippen LogP contribution in [-0.4, -0.2) is 58.0 Å². The highest BCUT2D eigenvalue weighted by Gasteiger charge is 2.24. The van der Waals surface area contributed by atoms with Crippen LogP contribution in [0.4, 0.5) is 5.82 Å². The lowest BCUT2D eigenvalue weighted by Crippen LogP contribution is -2.49. The summed E-state index contributed by atoms with van der Waals surface area (Å²) in [7, 11) is 0. The van der Waals surface area contributed by atoms with Crippen molar-refractivity contribution in [2.45, 2.75) is 26.7 Å². The largest absolute Gasteiger partial charge is 0.478 e. The van der Waals surface area contributed by atoms with E-state index < -0.39 is 5.97 Å². The van der Waals surface area contributed by atoms with Gasteiger partial charge in [-0.15, -0.1) is 0 Å². The molecule has 142 valence electrons. The number of amides is 1. The van der Waals surface area contributed by atoms with Crippen LogP contribution in [-0.2, 0) is 0 Å². The third-order valence-electron chi connectivity index (χ3n) is 4.62. The fourth-order valence-electron chi connectivity index (χ4n) is 3.10. The Labute approximate surface area is 158 Å². The van der Waals surface area contributed by atoms with Crippen molar-refractivity contribution in [2.75, 3.05) is 31.1 Å². The van der Waals surface area contributed by atoms with Gasteiger partial charge in [-0.25, -0.2) is 14.8 Å². The molecule has 7 nitrogen and oxygen atoms in total. The lowest BCUT2D eigenvalue weighted by molar-refractivity contribution is 0.0697. The van der Waals surface area contributed by atoms with E-state index in [1.807, 2.05) is 13.0 Å². The summed E-state index contributed by atoms with van der Waals surface area (Å²) in [5.74, 6) is 0.808. The van der Waals surface area contributed by atoms with Gasteiger partial charge in [-0.1, -0.05) is 19.9 Å². The molecular formula is C20H24N4O3. The molecule has 0 saturated carbocycles. The third-order valence-corrected chi connectivity index (χ3v) is 4.62. The van der Waals surface area contributed by atoms with Crippen LogP contribution in [0.2, 0.25) is 0 Å². The predicted molar refractivity (Wildman–Crippen MR) is 102 cm³/mol. The molecule has 2 heterocycles. The molecule has 1 aromatic carbocycles. The van der Waals surface area contributed by atoms with Gasteiger partial charge in [0.1, 0.15) is 11.6 Å². The van der Waals surface area contributed by atoms with Gasteiger partial charge >= 0.3 is 5.97 Å². The van der Waals surface area contributed by atoms with Crippen molar-refractivity contribution in [2.24, 2.45) is 0 Å². The van der Waals surface area contributed by atoms with Gasteiger partial charge in [-0.3, -0.25) is 4.79 Å². The second-order valence-electron chi connectivity index (χ2n) is 7.05. The number of carbonyl (C=O) groups excluding carboxylic acids is 1. The molecular weight excluding hydrogens is 344 g/mol. The third kappa shape index (κ3) is 4.24. The summed E-state index contributed by atoms with van der Waals surface area (Å²) in [5.41, 5.74) is 1.47. The Kier molecular flexibility index (Phi) is 5.39. The van der Waals surface area contributed by atoms with Gasteiger partial charge in [-0.2, -0.15) is 0 Å². The number of carbonyl (C=O) groups is 2. The van der Waals surface area contributed by atoms with Crippen molar-refractivity contribution in [3.05, 3.63) is 53.0 Å². The van der Waals surface area contributed by atoms with Gasteiger partial charge in [0.2, 0.25) is 0 Å². The maximum Gasteiger partial charge on any atom is 0.335 e. The number of aromatic nitrogens is 2. The predicted octanol–water partition coefficient (Wildman–Crippen LogP) is 2.57. The molecule has 7 heteroatoms. The van der Waals surface area contributed by atoms with Crippen LogP contribution >= 0.6 is 0 Å². The molecule has 1 amide bonds. The number of aryl methyl sites for hydroxylation is 1. The van der Waals surface area contributed by atoms with Crippen LogP contribution in [0, 0.1) is 6.92 Å². The molecule has 0 atom stereocenters. The number of aromatic carboxylic acids is 1. The van der Waals surface area contributed by atoms with E-state index in [9.17, 15) is 9.59 Å². The number of nitrogens with zero attached hydrogens (tertiary/aromatic N) is 4. The number of benzene rings is 1. The van der Waals surface area contributed by atoms with Crippen LogP contribution in [0.1, 0.15) is 52.0 Å². The molecule has 2 aromatic rings. The van der Waals surface area contributed by atoms with Gasteiger partial charge in [-0.05, 0) is 25.1 Å². The fraction of sp³-hybridized carbons (Fsp3) is 0.400. The monoisotopic (exact) mass is 368 g/mol. The summed E-state index contributed by atoms with van der Waals surface area (Å²) in [5, 5.41) is 9.10. The first-order valence-corrected chi connectivity index (χ1v) is 9.08. The number of hydrogen-bond acceptors (Lipinski definition) is 5. The van der Waals surface area contributed by atoms with E-state index in [0.717, 1.165) is 17.3 Å². The SMILES string of the molecule is Cc1cc(N2CCN(C(=O)c3cccc(C(=O)O)c3)CC2)nc(C(C)C)n1. The van der Waals surface area contributed by atoms with E-state index in [2.05, 4.69) is 28.7 Å². The molecule has 0 bridgehead atoms. The number of carboxylic acid groups (broad SMARTS) is 1. The molecule has 0 radical (unpaired) electrons. The summed E-state index contributed by atoms with van der Waals surface area (Å²) >= 11 is 0. The summed E-state index contributed by atoms with van der Waals surface area (Å²) in [4.78, 5) is 36.9. The highest BCUT2D eigenvalue weighted by Crippen LogP contribution is 2.19. The van der Waals surface area contributed by atoms with E-state index in [-0.39, 0.29) is 17.4 Å². The smallest absolute Gasteiger partial charge is 0.335 e. The first kappa shape index (κ1) is 18.8. The normalized spacial score (nSPS) is 14.5. The summed E-state index contributed by atoms with van der Waals surface area (Å²) in [6, 6.07) is 8.15. The molecule has 3 rings (SSSR count). The average molecular weight is 368 g/mol. The van der Waals surface area contributed by atoms with E-state index in [4.69, 9.17) is 5.11 Å². The summed E-state index contributed by atoms with van der Waals surface area (Å²) in [6.45, 7) is 8.59. The first-order chi connectivity index (χ1) is 12.8. The van der Waals surface area contributed by atoms with Crippen LogP contribution < -0.4 is 4.90 Å². The van der Waals surface area contributed by atoms with Gasteiger partial charge in [0.05, 0.1) is 5.56 Å². The number of hydrogen-bond donors (Lipinski definition) is 1. The Morgan fingerprint density at radius 1 is 1.04 bits per heavy atom. The minimum Gasteiger partial charge on any atom is -0.478 e. The van der Waals surface area contributed by atoms with Crippen molar-refractivity contribution >= 4 is 17.7 Å². The van der Waals surface area contributed by atoms with Gasteiger partial charge in [0.15, 0.2) is 0 Å². The van der Waals surface area contributed by atoms with Crippen molar-refractivity contribution in [3.8, 4) is 0 Å². The van der Waals surface area contributed by atoms with Crippen molar-refractivity contribution < 1.29 is 14.7 Å². The van der Waals surface area contributed by atoms with Crippen molar-refractivity contribution in [1.82, 2.24) is 14.9 Å². The Hall–Kier alpha value is -2.96. The minimum absolute atomic E-state index is 0.122. The standard InChI is InChI=1S/C20H24N4O3/c1-13(2)18-21-14(3)11-17(22-18)23-7-9-24(10-8-23)19(25)15-5-4-6-16(12-15)20(26)27/h4-6,11-13H,7-10H2,1-3H3,(H,26,27). The Balaban J connectivity index is 1.69. The van der Waals surface area contributed by atoms with E-state index in [1.165, 1.54) is 12.1 Å². The van der Waals surface area contributed by atoms with Crippen LogP contribution in [0.15, 0.2) is 30.3 Å². The second-order valence-corrected chi connectivity index (χ2v) is 7.05. The van der Waals surface area contributed by atoms with Crippen molar-refractivity contribution in [1.29, 1.82) is 0 Å². The quantitative estimate of drug-likeness (QED) is 0.893. The minimum atomic E-state index is -1.03. The first-order valence-electron chi connectivity index (χ1n) is 9.08. The van der Waals surface area contributed by atoms with Gasteiger partial charge < -0.3 is 14.9 Å². The molecule has 0 aliphatic carbocycles. The highest BCUT2D eigenvalue weighted by molar-refractivity contribution is 5.97. The molecule has 27 heavy (non-hydrogen) atoms. The zero-order valence-electron chi connectivity index (χ0n) is 15.8. The summed E-state index contributed by atoms with van der Waals surface area (Å²) < 4.78 is 0. The Morgan fingerprint density at radius 3 is 2.33 bits per heavy atom. The maximum absolute atomic E-state index is 12.7. The fourth-order valence-corrected chi connectivity index (χ4v) is 3.10. The molecule has 1 aliphatic heterocycles. The average Bonchev–Trinajstić information content (AvgIpc) is 2.67. The van der Waals surface area contributed by atoms with E-state index in [0.29, 0.717) is 31.7 Å². The molecule has 1 aliphatic rings. The Bertz CT molecular complexity index is 858. The Morgan fingerprint density at radius 2 is 1.70 bits per heavy atom. The molecule has 0 spiro atoms. The molecule has 1 fully saturated rings. The zero-order valence-corrected chi connectivity index (χ0v) is 15.8. The maximum atomic E-state index is 12.7. The number of rotatable bonds is 4. The van der Waals surface area contributed by atoms with E-state index >= 15 is 0 Å². The lowest BCUT2D eigenvalue weighted by atomic mass is 10.1. The van der Waals surface area contributed by atoms with Gasteiger partial charge in [0.25, 0.3) is 5.91 Å². The lowest BCUT2D eigenvalue weighted by Gasteiger charge is -2.35. The van der Waals surface area contributed by atoms with Crippen LogP contribution in [0.5, 0.6) is 0 Å². The molecule has 1 aromatic heterocycles. The van der Waals surface area contributed by atoms with Crippen LogP contribution in [0.3, 0.4) is 0 Å². The number of piperazine rings is 1. The van der Waals surface area contributed by atoms with Crippen molar-refractivity contribution in [3.63, 3.8) is 0 Å². The molecule has 1 saturated heterocycles. The van der Waals surface area contributed by atoms with Gasteiger partial charge in [0, 0.05) is 49.4 Å². The highest BCUT2D eigenvalue weighted by atomic mass is 16.4. The molecule has 1 N–H and O–H groups in total. The van der Waals surface area contributed by atoms with E-state index in [1.54, 1.807) is 17.0 Å². The molecule has 0 unspecified atom stereocenters. The number of carboxylic acids is 1. The topological polar surface area (TPSA) is 86.6 Å².